The van der Waals surface area contributed by atoms with E-state index in [4.69, 9.17) is 0 Å². The van der Waals surface area contributed by atoms with Gasteiger partial charge in [0.1, 0.15) is 0 Å². The van der Waals surface area contributed by atoms with Crippen LogP contribution < -0.4 is 0 Å². The van der Waals surface area contributed by atoms with Crippen molar-refractivity contribution < 1.29 is 4.79 Å². The number of carbonyl (C=O) groups is 1. The standard InChI is InChI=1S/C9H12BrNOS2/c1-6(13)9(12)11(2)4-8-3-7(10)5-14-8/h3,5-6,13H,4H2,1-2H3. The van der Waals surface area contributed by atoms with Gasteiger partial charge in [-0.05, 0) is 28.9 Å². The van der Waals surface area contributed by atoms with Gasteiger partial charge in [0.2, 0.25) is 5.91 Å². The van der Waals surface area contributed by atoms with Gasteiger partial charge in [-0.15, -0.1) is 11.3 Å². The van der Waals surface area contributed by atoms with Crippen molar-refractivity contribution in [3.8, 4) is 0 Å². The second kappa shape index (κ2) is 5.19. The number of amides is 1. The van der Waals surface area contributed by atoms with E-state index in [2.05, 4.69) is 28.6 Å². The molecule has 0 spiro atoms. The largest absolute Gasteiger partial charge is 0.340 e. The molecular weight excluding hydrogens is 282 g/mol. The molecule has 0 radical (unpaired) electrons. The molecule has 1 amide bonds. The molecule has 5 heteroatoms. The van der Waals surface area contributed by atoms with Crippen LogP contribution in [0, 0.1) is 0 Å². The van der Waals surface area contributed by atoms with E-state index >= 15 is 0 Å². The Bertz CT molecular complexity index is 324. The normalized spacial score (nSPS) is 12.6. The van der Waals surface area contributed by atoms with Gasteiger partial charge in [-0.2, -0.15) is 12.6 Å². The molecule has 0 aliphatic rings. The molecule has 1 atom stereocenters. The zero-order valence-corrected chi connectivity index (χ0v) is 11.3. The summed E-state index contributed by atoms with van der Waals surface area (Å²) in [5.74, 6) is 0.0536. The summed E-state index contributed by atoms with van der Waals surface area (Å²) in [6.45, 7) is 2.44. The van der Waals surface area contributed by atoms with Crippen molar-refractivity contribution in [3.05, 3.63) is 20.8 Å². The minimum absolute atomic E-state index is 0.0536. The number of carbonyl (C=O) groups excluding carboxylic acids is 1. The maximum absolute atomic E-state index is 11.5. The molecule has 1 aromatic heterocycles. The summed E-state index contributed by atoms with van der Waals surface area (Å²) in [4.78, 5) is 14.4. The molecule has 0 saturated carbocycles. The van der Waals surface area contributed by atoms with Crippen LogP contribution in [0.2, 0.25) is 0 Å². The first kappa shape index (κ1) is 12.1. The zero-order chi connectivity index (χ0) is 10.7. The summed E-state index contributed by atoms with van der Waals surface area (Å²) >= 11 is 9.13. The van der Waals surface area contributed by atoms with Crippen LogP contribution in [0.25, 0.3) is 0 Å². The summed E-state index contributed by atoms with van der Waals surface area (Å²) in [7, 11) is 1.79. The second-order valence-corrected chi connectivity index (χ2v) is 5.79. The van der Waals surface area contributed by atoms with Crippen molar-refractivity contribution in [1.29, 1.82) is 0 Å². The van der Waals surface area contributed by atoms with Crippen molar-refractivity contribution >= 4 is 45.8 Å². The van der Waals surface area contributed by atoms with Crippen molar-refractivity contribution in [3.63, 3.8) is 0 Å². The van der Waals surface area contributed by atoms with Gasteiger partial charge >= 0.3 is 0 Å². The summed E-state index contributed by atoms with van der Waals surface area (Å²) in [5.41, 5.74) is 0. The molecule has 0 N–H and O–H groups in total. The monoisotopic (exact) mass is 293 g/mol. The second-order valence-electron chi connectivity index (χ2n) is 3.10. The topological polar surface area (TPSA) is 20.3 Å². The third-order valence-corrected chi connectivity index (χ3v) is 3.65. The molecule has 0 aliphatic carbocycles. The average molecular weight is 294 g/mol. The molecule has 0 saturated heterocycles. The minimum atomic E-state index is -0.233. The lowest BCUT2D eigenvalue weighted by Crippen LogP contribution is -2.31. The summed E-state index contributed by atoms with van der Waals surface area (Å²) in [6, 6.07) is 2.03. The Balaban J connectivity index is 2.57. The Kier molecular flexibility index (Phi) is 4.47. The molecular formula is C9H12BrNOS2. The number of hydrogen-bond acceptors (Lipinski definition) is 3. The first-order valence-corrected chi connectivity index (χ1v) is 6.35. The zero-order valence-electron chi connectivity index (χ0n) is 8.03. The van der Waals surface area contributed by atoms with Crippen molar-refractivity contribution in [2.75, 3.05) is 7.05 Å². The first-order valence-electron chi connectivity index (χ1n) is 4.16. The van der Waals surface area contributed by atoms with Crippen LogP contribution in [0.4, 0.5) is 0 Å². The molecule has 0 bridgehead atoms. The fraction of sp³-hybridized carbons (Fsp3) is 0.444. The van der Waals surface area contributed by atoms with Gasteiger partial charge in [-0.3, -0.25) is 4.79 Å². The molecule has 1 heterocycles. The fourth-order valence-electron chi connectivity index (χ4n) is 1.07. The quantitative estimate of drug-likeness (QED) is 0.850. The Morgan fingerprint density at radius 3 is 2.86 bits per heavy atom. The van der Waals surface area contributed by atoms with E-state index < -0.39 is 0 Å². The SMILES string of the molecule is CC(S)C(=O)N(C)Cc1cc(Br)cs1. The Labute approximate surface area is 102 Å². The number of nitrogens with zero attached hydrogens (tertiary/aromatic N) is 1. The lowest BCUT2D eigenvalue weighted by atomic mass is 10.3. The van der Waals surface area contributed by atoms with Crippen LogP contribution in [-0.2, 0) is 11.3 Å². The van der Waals surface area contributed by atoms with Gasteiger partial charge in [0.15, 0.2) is 0 Å². The molecule has 14 heavy (non-hydrogen) atoms. The highest BCUT2D eigenvalue weighted by Gasteiger charge is 2.14. The van der Waals surface area contributed by atoms with Gasteiger partial charge in [0.05, 0.1) is 11.8 Å². The highest BCUT2D eigenvalue weighted by molar-refractivity contribution is 9.10. The number of halogens is 1. The van der Waals surface area contributed by atoms with Crippen molar-refractivity contribution in [2.24, 2.45) is 0 Å². The minimum Gasteiger partial charge on any atom is -0.340 e. The van der Waals surface area contributed by atoms with Crippen LogP contribution in [0.5, 0.6) is 0 Å². The van der Waals surface area contributed by atoms with Crippen LogP contribution in [-0.4, -0.2) is 23.1 Å². The van der Waals surface area contributed by atoms with E-state index in [0.717, 1.165) is 4.47 Å². The predicted octanol–water partition coefficient (Wildman–Crippen LogP) is 2.79. The third kappa shape index (κ3) is 3.29. The van der Waals surface area contributed by atoms with Gasteiger partial charge in [-0.25, -0.2) is 0 Å². The Morgan fingerprint density at radius 2 is 2.43 bits per heavy atom. The highest BCUT2D eigenvalue weighted by Crippen LogP contribution is 2.21. The molecule has 1 aromatic rings. The maximum Gasteiger partial charge on any atom is 0.235 e. The van der Waals surface area contributed by atoms with Gasteiger partial charge in [-0.1, -0.05) is 0 Å². The lowest BCUT2D eigenvalue weighted by Gasteiger charge is -2.17. The Hall–Kier alpha value is -0.0000000000000000833. The van der Waals surface area contributed by atoms with E-state index in [1.54, 1.807) is 30.2 Å². The van der Waals surface area contributed by atoms with Crippen molar-refractivity contribution in [1.82, 2.24) is 4.90 Å². The number of hydrogen-bond donors (Lipinski definition) is 1. The predicted molar refractivity (Wildman–Crippen MR) is 66.9 cm³/mol. The number of rotatable bonds is 3. The van der Waals surface area contributed by atoms with E-state index in [1.165, 1.54) is 4.88 Å². The van der Waals surface area contributed by atoms with Crippen LogP contribution in [0.3, 0.4) is 0 Å². The fourth-order valence-corrected chi connectivity index (χ4v) is 2.77. The molecule has 0 fully saturated rings. The molecule has 0 aliphatic heterocycles. The molecule has 1 rings (SSSR count). The summed E-state index contributed by atoms with van der Waals surface area (Å²) in [6.07, 6.45) is 0. The lowest BCUT2D eigenvalue weighted by molar-refractivity contribution is -0.129. The highest BCUT2D eigenvalue weighted by atomic mass is 79.9. The molecule has 1 unspecified atom stereocenters. The van der Waals surface area contributed by atoms with E-state index in [-0.39, 0.29) is 11.2 Å². The first-order chi connectivity index (χ1) is 6.50. The van der Waals surface area contributed by atoms with Crippen LogP contribution in [0.1, 0.15) is 11.8 Å². The number of thiophene rings is 1. The van der Waals surface area contributed by atoms with Crippen LogP contribution in [0.15, 0.2) is 15.9 Å². The molecule has 0 aromatic carbocycles. The van der Waals surface area contributed by atoms with Gasteiger partial charge < -0.3 is 4.90 Å². The van der Waals surface area contributed by atoms with E-state index in [9.17, 15) is 4.79 Å². The van der Waals surface area contributed by atoms with Crippen LogP contribution >= 0.6 is 39.9 Å². The molecule has 2 nitrogen and oxygen atoms in total. The van der Waals surface area contributed by atoms with E-state index in [1.807, 2.05) is 11.4 Å². The maximum atomic E-state index is 11.5. The Morgan fingerprint density at radius 1 is 1.79 bits per heavy atom. The van der Waals surface area contributed by atoms with Crippen molar-refractivity contribution in [2.45, 2.75) is 18.7 Å². The summed E-state index contributed by atoms with van der Waals surface area (Å²) < 4.78 is 1.07. The van der Waals surface area contributed by atoms with E-state index in [0.29, 0.717) is 6.54 Å². The average Bonchev–Trinajstić information content (AvgIpc) is 2.49. The smallest absolute Gasteiger partial charge is 0.235 e. The number of thiol groups is 1. The van der Waals surface area contributed by atoms with Gasteiger partial charge in [0, 0.05) is 21.8 Å². The van der Waals surface area contributed by atoms with Gasteiger partial charge in [0.25, 0.3) is 0 Å². The summed E-state index contributed by atoms with van der Waals surface area (Å²) in [5, 5.41) is 1.78. The molecule has 78 valence electrons. The third-order valence-electron chi connectivity index (χ3n) is 1.75.